The number of phenolic OH excluding ortho intramolecular Hbond substituents is 1. The Morgan fingerprint density at radius 2 is 2.00 bits per heavy atom. The minimum atomic E-state index is -4.32. The van der Waals surface area contributed by atoms with Crippen LogP contribution in [0, 0.1) is 11.7 Å². The maximum absolute atomic E-state index is 13.8. The molecular weight excluding hydrogens is 401 g/mol. The quantitative estimate of drug-likeness (QED) is 0.766. The Labute approximate surface area is 168 Å². The Morgan fingerprint density at radius 3 is 2.59 bits per heavy atom. The molecule has 2 atom stereocenters. The topological polar surface area (TPSA) is 104 Å². The lowest BCUT2D eigenvalue weighted by Crippen LogP contribution is -2.59. The molecule has 0 saturated carbocycles. The second-order valence-corrected chi connectivity index (χ2v) is 8.97. The number of methoxy groups -OCH3 is 1. The van der Waals surface area contributed by atoms with Crippen LogP contribution in [0.4, 0.5) is 10.1 Å². The van der Waals surface area contributed by atoms with Crippen LogP contribution in [0.15, 0.2) is 41.3 Å². The Bertz CT molecular complexity index is 1070. The number of halogens is 1. The number of fused-ring (bicyclic) bond motifs is 1. The molecule has 1 aliphatic rings. The zero-order valence-corrected chi connectivity index (χ0v) is 17.0. The molecule has 0 saturated heterocycles. The summed E-state index contributed by atoms with van der Waals surface area (Å²) in [6.45, 7) is 3.27. The van der Waals surface area contributed by atoms with E-state index in [1.165, 1.54) is 25.3 Å². The number of aromatic hydroxyl groups is 1. The molecule has 0 spiro atoms. The predicted molar refractivity (Wildman–Crippen MR) is 104 cm³/mol. The minimum absolute atomic E-state index is 0.119. The molecular formula is C20H22FNO6S. The summed E-state index contributed by atoms with van der Waals surface area (Å²) in [6, 6.07) is 7.36. The van der Waals surface area contributed by atoms with E-state index in [1.807, 2.05) is 0 Å². The number of ether oxygens (including phenoxy) is 1. The van der Waals surface area contributed by atoms with Gasteiger partial charge in [0.15, 0.2) is 11.6 Å². The Kier molecular flexibility index (Phi) is 5.20. The second kappa shape index (κ2) is 7.22. The fourth-order valence-corrected chi connectivity index (χ4v) is 5.76. The van der Waals surface area contributed by atoms with Crippen molar-refractivity contribution < 1.29 is 32.6 Å². The highest BCUT2D eigenvalue weighted by Crippen LogP contribution is 2.47. The van der Waals surface area contributed by atoms with Crippen molar-refractivity contribution in [3.63, 3.8) is 0 Å². The van der Waals surface area contributed by atoms with Crippen LogP contribution in [0.5, 0.6) is 11.5 Å². The normalized spacial score (nSPS) is 21.5. The molecule has 0 amide bonds. The number of carbonyl (C=O) groups is 1. The molecule has 2 aromatic rings. The molecule has 156 valence electrons. The molecule has 0 unspecified atom stereocenters. The molecule has 0 aliphatic carbocycles. The first-order valence-electron chi connectivity index (χ1n) is 9.00. The van der Waals surface area contributed by atoms with Crippen LogP contribution in [-0.2, 0) is 21.2 Å². The Balaban J connectivity index is 2.31. The molecule has 0 radical (unpaired) electrons. The number of carboxylic acids is 1. The standard InChI is InChI=1S/C20H22FNO6S/c1-4-20(2)15(19(24)25)9-12-5-6-13(23)10-17(12)22(20)29(26,27)14-7-8-16(21)18(11-14)28-3/h5-8,10-11,15,23H,4,9H2,1-3H3,(H,24,25)/t15-,20+/m0/s1. The largest absolute Gasteiger partial charge is 0.508 e. The second-order valence-electron chi connectivity index (χ2n) is 7.18. The summed E-state index contributed by atoms with van der Waals surface area (Å²) in [4.78, 5) is 11.8. The fourth-order valence-electron chi connectivity index (χ4n) is 3.82. The average Bonchev–Trinajstić information content (AvgIpc) is 2.67. The molecule has 1 heterocycles. The molecule has 0 aromatic heterocycles. The fraction of sp³-hybridized carbons (Fsp3) is 0.350. The number of nitrogens with zero attached hydrogens (tertiary/aromatic N) is 1. The minimum Gasteiger partial charge on any atom is -0.508 e. The van der Waals surface area contributed by atoms with Crippen molar-refractivity contribution >= 4 is 21.7 Å². The number of hydrogen-bond acceptors (Lipinski definition) is 5. The van der Waals surface area contributed by atoms with Gasteiger partial charge in [-0.2, -0.15) is 0 Å². The summed E-state index contributed by atoms with van der Waals surface area (Å²) in [5.41, 5.74) is -0.624. The van der Waals surface area contributed by atoms with Gasteiger partial charge < -0.3 is 14.9 Å². The third kappa shape index (κ3) is 3.29. The number of phenols is 1. The molecule has 0 fully saturated rings. The summed E-state index contributed by atoms with van der Waals surface area (Å²) < 4.78 is 47.1. The number of benzene rings is 2. The van der Waals surface area contributed by atoms with Gasteiger partial charge >= 0.3 is 5.97 Å². The Hall–Kier alpha value is -2.81. The van der Waals surface area contributed by atoms with Crippen LogP contribution >= 0.6 is 0 Å². The number of sulfonamides is 1. The van der Waals surface area contributed by atoms with Gasteiger partial charge in [0.05, 0.1) is 29.1 Å². The van der Waals surface area contributed by atoms with E-state index in [9.17, 15) is 27.8 Å². The van der Waals surface area contributed by atoms with E-state index >= 15 is 0 Å². The number of carboxylic acid groups (broad SMARTS) is 1. The van der Waals surface area contributed by atoms with E-state index in [4.69, 9.17) is 4.74 Å². The van der Waals surface area contributed by atoms with Crippen LogP contribution in [0.1, 0.15) is 25.8 Å². The van der Waals surface area contributed by atoms with Crippen LogP contribution in [0.25, 0.3) is 0 Å². The number of anilines is 1. The van der Waals surface area contributed by atoms with Gasteiger partial charge in [0, 0.05) is 12.1 Å². The van der Waals surface area contributed by atoms with Crippen molar-refractivity contribution in [1.82, 2.24) is 0 Å². The third-order valence-electron chi connectivity index (χ3n) is 5.60. The molecule has 9 heteroatoms. The lowest BCUT2D eigenvalue weighted by molar-refractivity contribution is -0.144. The van der Waals surface area contributed by atoms with Crippen LogP contribution < -0.4 is 9.04 Å². The van der Waals surface area contributed by atoms with Gasteiger partial charge in [-0.15, -0.1) is 0 Å². The van der Waals surface area contributed by atoms with Crippen molar-refractivity contribution in [3.05, 3.63) is 47.8 Å². The summed E-state index contributed by atoms with van der Waals surface area (Å²) in [5.74, 6) is -3.24. The van der Waals surface area contributed by atoms with Gasteiger partial charge in [-0.3, -0.25) is 9.10 Å². The molecule has 3 rings (SSSR count). The van der Waals surface area contributed by atoms with Crippen molar-refractivity contribution in [1.29, 1.82) is 0 Å². The van der Waals surface area contributed by atoms with Crippen molar-refractivity contribution in [2.45, 2.75) is 37.1 Å². The van der Waals surface area contributed by atoms with E-state index in [0.717, 1.165) is 22.5 Å². The zero-order valence-electron chi connectivity index (χ0n) is 16.2. The number of aliphatic carboxylic acids is 1. The maximum Gasteiger partial charge on any atom is 0.309 e. The first-order valence-corrected chi connectivity index (χ1v) is 10.4. The van der Waals surface area contributed by atoms with Gasteiger partial charge in [0.2, 0.25) is 0 Å². The smallest absolute Gasteiger partial charge is 0.309 e. The first-order chi connectivity index (χ1) is 13.6. The third-order valence-corrected chi connectivity index (χ3v) is 7.55. The van der Waals surface area contributed by atoms with E-state index < -0.39 is 33.3 Å². The van der Waals surface area contributed by atoms with E-state index in [0.29, 0.717) is 5.56 Å². The summed E-state index contributed by atoms with van der Waals surface area (Å²) in [5, 5.41) is 19.8. The van der Waals surface area contributed by atoms with Gasteiger partial charge in [-0.05, 0) is 43.5 Å². The monoisotopic (exact) mass is 423 g/mol. The molecule has 0 bridgehead atoms. The summed E-state index contributed by atoms with van der Waals surface area (Å²) >= 11 is 0. The number of rotatable bonds is 5. The van der Waals surface area contributed by atoms with Gasteiger partial charge in [-0.25, -0.2) is 12.8 Å². The van der Waals surface area contributed by atoms with Gasteiger partial charge in [0.1, 0.15) is 5.75 Å². The van der Waals surface area contributed by atoms with Crippen LogP contribution in [-0.4, -0.2) is 37.2 Å². The first kappa shape index (κ1) is 20.9. The summed E-state index contributed by atoms with van der Waals surface area (Å²) in [6.07, 6.45) is 0.324. The van der Waals surface area contributed by atoms with E-state index in [1.54, 1.807) is 13.8 Å². The average molecular weight is 423 g/mol. The highest BCUT2D eigenvalue weighted by atomic mass is 32.2. The van der Waals surface area contributed by atoms with E-state index in [2.05, 4.69) is 0 Å². The highest BCUT2D eigenvalue weighted by molar-refractivity contribution is 7.93. The zero-order chi connectivity index (χ0) is 21.6. The van der Waals surface area contributed by atoms with Gasteiger partial charge in [-0.1, -0.05) is 13.0 Å². The predicted octanol–water partition coefficient (Wildman–Crippen LogP) is 3.16. The Morgan fingerprint density at radius 1 is 1.31 bits per heavy atom. The molecule has 7 nitrogen and oxygen atoms in total. The lowest BCUT2D eigenvalue weighted by atomic mass is 9.75. The van der Waals surface area contributed by atoms with Crippen molar-refractivity contribution in [2.75, 3.05) is 11.4 Å². The highest BCUT2D eigenvalue weighted by Gasteiger charge is 2.52. The van der Waals surface area contributed by atoms with E-state index in [-0.39, 0.29) is 34.9 Å². The van der Waals surface area contributed by atoms with Crippen molar-refractivity contribution in [3.8, 4) is 11.5 Å². The van der Waals surface area contributed by atoms with Gasteiger partial charge in [0.25, 0.3) is 10.0 Å². The maximum atomic E-state index is 13.8. The molecule has 2 aromatic carbocycles. The molecule has 2 N–H and O–H groups in total. The lowest BCUT2D eigenvalue weighted by Gasteiger charge is -2.48. The van der Waals surface area contributed by atoms with Crippen LogP contribution in [0.2, 0.25) is 0 Å². The SMILES string of the molecule is CC[C@]1(C)[C@H](C(=O)O)Cc2ccc(O)cc2N1S(=O)(=O)c1ccc(F)c(OC)c1. The molecule has 29 heavy (non-hydrogen) atoms. The van der Waals surface area contributed by atoms with Crippen LogP contribution in [0.3, 0.4) is 0 Å². The number of hydrogen-bond donors (Lipinski definition) is 2. The van der Waals surface area contributed by atoms with Crippen molar-refractivity contribution in [2.24, 2.45) is 5.92 Å². The molecule has 1 aliphatic heterocycles. The summed E-state index contributed by atoms with van der Waals surface area (Å²) in [7, 11) is -3.09.